The molecule has 1 amide bonds. The Morgan fingerprint density at radius 3 is 2.29 bits per heavy atom. The van der Waals surface area contributed by atoms with E-state index in [0.717, 1.165) is 11.1 Å². The van der Waals surface area contributed by atoms with Crippen LogP contribution < -0.4 is 14.2 Å². The van der Waals surface area contributed by atoms with E-state index in [1.54, 1.807) is 32.4 Å². The Bertz CT molecular complexity index is 1150. The van der Waals surface area contributed by atoms with Crippen LogP contribution in [0.1, 0.15) is 68.3 Å². The van der Waals surface area contributed by atoms with E-state index in [4.69, 9.17) is 14.2 Å². The van der Waals surface area contributed by atoms with Gasteiger partial charge in [-0.25, -0.2) is 0 Å². The highest BCUT2D eigenvalue weighted by Gasteiger charge is 2.46. The van der Waals surface area contributed by atoms with Crippen molar-refractivity contribution in [1.82, 2.24) is 4.90 Å². The molecule has 7 heteroatoms. The Labute approximate surface area is 207 Å². The maximum absolute atomic E-state index is 13.3. The molecule has 1 saturated heterocycles. The van der Waals surface area contributed by atoms with Gasteiger partial charge in [-0.15, -0.1) is 0 Å². The number of ether oxygens (including phenoxy) is 3. The molecule has 2 aromatic rings. The molecular weight excluding hydrogens is 446 g/mol. The molecule has 1 aliphatic heterocycles. The zero-order valence-corrected chi connectivity index (χ0v) is 21.6. The van der Waals surface area contributed by atoms with Crippen molar-refractivity contribution in [1.29, 1.82) is 0 Å². The van der Waals surface area contributed by atoms with Crippen LogP contribution in [0.5, 0.6) is 17.2 Å². The van der Waals surface area contributed by atoms with Crippen LogP contribution >= 0.6 is 0 Å². The largest absolute Gasteiger partial charge is 0.507 e. The lowest BCUT2D eigenvalue weighted by atomic mass is 9.91. The molecule has 0 radical (unpaired) electrons. The van der Waals surface area contributed by atoms with Crippen molar-refractivity contribution in [3.63, 3.8) is 0 Å². The van der Waals surface area contributed by atoms with Gasteiger partial charge in [0.2, 0.25) is 0 Å². The van der Waals surface area contributed by atoms with Gasteiger partial charge in [-0.05, 0) is 67.1 Å². The molecule has 1 unspecified atom stereocenters. The van der Waals surface area contributed by atoms with Gasteiger partial charge < -0.3 is 24.2 Å². The third kappa shape index (κ3) is 4.85. The monoisotopic (exact) mass is 481 g/mol. The number of amides is 1. The Hall–Kier alpha value is -3.48. The van der Waals surface area contributed by atoms with E-state index in [1.807, 2.05) is 46.8 Å². The van der Waals surface area contributed by atoms with Gasteiger partial charge in [0.05, 0.1) is 32.4 Å². The van der Waals surface area contributed by atoms with Gasteiger partial charge in [-0.3, -0.25) is 9.59 Å². The number of aliphatic hydroxyl groups is 1. The van der Waals surface area contributed by atoms with Crippen molar-refractivity contribution >= 4 is 17.4 Å². The van der Waals surface area contributed by atoms with E-state index in [0.29, 0.717) is 47.9 Å². The number of hydrogen-bond donors (Lipinski definition) is 1. The number of ketones is 1. The number of hydrogen-bond acceptors (Lipinski definition) is 6. The highest BCUT2D eigenvalue weighted by Crippen LogP contribution is 2.43. The number of methoxy groups -OCH3 is 2. The first-order chi connectivity index (χ1) is 16.7. The predicted octanol–water partition coefficient (Wildman–Crippen LogP) is 5.37. The molecule has 0 spiro atoms. The van der Waals surface area contributed by atoms with Crippen molar-refractivity contribution in [2.24, 2.45) is 0 Å². The zero-order valence-electron chi connectivity index (χ0n) is 21.6. The number of likely N-dealkylation sites (tertiary alicyclic amines) is 1. The first-order valence-corrected chi connectivity index (χ1v) is 12.0. The summed E-state index contributed by atoms with van der Waals surface area (Å²) in [4.78, 5) is 27.9. The molecule has 1 atom stereocenters. The standard InChI is InChI=1S/C28H35NO6/c1-8-12-29-25(18-10-11-21(35-9-2)23(14-18)34-7)24(27(31)28(29)32)26(30)20-15-19(16(3)4)22(33-6)13-17(20)5/h10-11,13-16,25,30H,8-9,12H2,1-7H3/b26-24+. The summed E-state index contributed by atoms with van der Waals surface area (Å²) < 4.78 is 16.7. The molecular formula is C28H35NO6. The van der Waals surface area contributed by atoms with E-state index in [2.05, 4.69) is 0 Å². The van der Waals surface area contributed by atoms with Crippen LogP contribution in [0.4, 0.5) is 0 Å². The summed E-state index contributed by atoms with van der Waals surface area (Å²) in [5.41, 5.74) is 2.88. The van der Waals surface area contributed by atoms with E-state index in [9.17, 15) is 14.7 Å². The summed E-state index contributed by atoms with van der Waals surface area (Å²) in [6.07, 6.45) is 0.663. The summed E-state index contributed by atoms with van der Waals surface area (Å²) >= 11 is 0. The van der Waals surface area contributed by atoms with Crippen LogP contribution in [0.15, 0.2) is 35.9 Å². The lowest BCUT2D eigenvalue weighted by Gasteiger charge is -2.26. The van der Waals surface area contributed by atoms with Crippen LogP contribution in [0, 0.1) is 6.92 Å². The minimum atomic E-state index is -0.747. The summed E-state index contributed by atoms with van der Waals surface area (Å²) in [6.45, 7) is 10.6. The average molecular weight is 482 g/mol. The number of carbonyl (C=O) groups is 2. The zero-order chi connectivity index (χ0) is 25.9. The van der Waals surface area contributed by atoms with Crippen molar-refractivity contribution in [3.05, 3.63) is 58.2 Å². The van der Waals surface area contributed by atoms with Crippen LogP contribution in [0.3, 0.4) is 0 Å². The van der Waals surface area contributed by atoms with Gasteiger partial charge in [0, 0.05) is 12.1 Å². The molecule has 2 aromatic carbocycles. The Morgan fingerprint density at radius 1 is 1.03 bits per heavy atom. The molecule has 188 valence electrons. The van der Waals surface area contributed by atoms with Crippen LogP contribution in [0.2, 0.25) is 0 Å². The van der Waals surface area contributed by atoms with Gasteiger partial charge in [0.1, 0.15) is 11.5 Å². The third-order valence-electron chi connectivity index (χ3n) is 6.26. The van der Waals surface area contributed by atoms with Crippen molar-refractivity contribution < 1.29 is 28.9 Å². The number of rotatable bonds is 9. The maximum Gasteiger partial charge on any atom is 0.295 e. The fourth-order valence-corrected chi connectivity index (χ4v) is 4.55. The van der Waals surface area contributed by atoms with Gasteiger partial charge in [0.15, 0.2) is 11.5 Å². The lowest BCUT2D eigenvalue weighted by Crippen LogP contribution is -2.30. The van der Waals surface area contributed by atoms with Gasteiger partial charge in [-0.1, -0.05) is 26.8 Å². The number of carbonyl (C=O) groups excluding carboxylic acids is 2. The van der Waals surface area contributed by atoms with E-state index < -0.39 is 17.7 Å². The molecule has 0 aromatic heterocycles. The first kappa shape index (κ1) is 26.1. The van der Waals surface area contributed by atoms with Crippen LogP contribution in [0.25, 0.3) is 5.76 Å². The van der Waals surface area contributed by atoms with E-state index in [1.165, 1.54) is 4.90 Å². The van der Waals surface area contributed by atoms with E-state index >= 15 is 0 Å². The fraction of sp³-hybridized carbons (Fsp3) is 0.429. The second-order valence-electron chi connectivity index (χ2n) is 8.90. The summed E-state index contributed by atoms with van der Waals surface area (Å²) in [5, 5.41) is 11.5. The smallest absolute Gasteiger partial charge is 0.295 e. The predicted molar refractivity (Wildman–Crippen MR) is 135 cm³/mol. The first-order valence-electron chi connectivity index (χ1n) is 12.0. The molecule has 0 bridgehead atoms. The fourth-order valence-electron chi connectivity index (χ4n) is 4.55. The highest BCUT2D eigenvalue weighted by molar-refractivity contribution is 6.46. The minimum Gasteiger partial charge on any atom is -0.507 e. The molecule has 1 N–H and O–H groups in total. The molecule has 3 rings (SSSR count). The molecule has 0 saturated carbocycles. The molecule has 1 aliphatic rings. The molecule has 35 heavy (non-hydrogen) atoms. The molecule has 7 nitrogen and oxygen atoms in total. The molecule has 1 fully saturated rings. The number of benzene rings is 2. The minimum absolute atomic E-state index is 0.0673. The maximum atomic E-state index is 13.3. The molecule has 0 aliphatic carbocycles. The SMILES string of the molecule is CCCN1C(=O)C(=O)/C(=C(/O)c2cc(C(C)C)c(OC)cc2C)C1c1ccc(OCC)c(OC)c1. The Kier molecular flexibility index (Phi) is 8.10. The second kappa shape index (κ2) is 10.8. The van der Waals surface area contributed by atoms with Gasteiger partial charge in [0.25, 0.3) is 11.7 Å². The Morgan fingerprint density at radius 2 is 1.71 bits per heavy atom. The third-order valence-corrected chi connectivity index (χ3v) is 6.26. The van der Waals surface area contributed by atoms with Crippen LogP contribution in [-0.4, -0.2) is 49.1 Å². The van der Waals surface area contributed by atoms with E-state index in [-0.39, 0.29) is 17.3 Å². The quantitative estimate of drug-likeness (QED) is 0.295. The number of aryl methyl sites for hydroxylation is 1. The van der Waals surface area contributed by atoms with Gasteiger partial charge >= 0.3 is 0 Å². The van der Waals surface area contributed by atoms with Crippen molar-refractivity contribution in [3.8, 4) is 17.2 Å². The average Bonchev–Trinajstić information content (AvgIpc) is 3.08. The molecule has 1 heterocycles. The van der Waals surface area contributed by atoms with Crippen LogP contribution in [-0.2, 0) is 9.59 Å². The number of nitrogens with zero attached hydrogens (tertiary/aromatic N) is 1. The second-order valence-corrected chi connectivity index (χ2v) is 8.90. The topological polar surface area (TPSA) is 85.3 Å². The normalized spacial score (nSPS) is 17.3. The lowest BCUT2D eigenvalue weighted by molar-refractivity contribution is -0.139. The number of Topliss-reactive ketones (excluding diaryl/α,β-unsaturated/α-hetero) is 1. The Balaban J connectivity index is 2.27. The summed E-state index contributed by atoms with van der Waals surface area (Å²) in [5.74, 6) is 0.394. The summed E-state index contributed by atoms with van der Waals surface area (Å²) in [7, 11) is 3.15. The van der Waals surface area contributed by atoms with Crippen molar-refractivity contribution in [2.45, 2.75) is 53.0 Å². The van der Waals surface area contributed by atoms with Crippen molar-refractivity contribution in [2.75, 3.05) is 27.4 Å². The summed E-state index contributed by atoms with van der Waals surface area (Å²) in [6, 6.07) is 8.28. The van der Waals surface area contributed by atoms with Gasteiger partial charge in [-0.2, -0.15) is 0 Å². The highest BCUT2D eigenvalue weighted by atomic mass is 16.5. The number of aliphatic hydroxyl groups excluding tert-OH is 1.